The van der Waals surface area contributed by atoms with E-state index in [1.165, 1.54) is 37.1 Å². The maximum atomic E-state index is 5.57. The first-order chi connectivity index (χ1) is 10.0. The summed E-state index contributed by atoms with van der Waals surface area (Å²) in [6.45, 7) is 11.2. The summed E-state index contributed by atoms with van der Waals surface area (Å²) in [5, 5.41) is 3.73. The van der Waals surface area contributed by atoms with Crippen molar-refractivity contribution in [3.05, 3.63) is 29.3 Å². The number of ether oxygens (including phenoxy) is 1. The molecule has 2 aliphatic heterocycles. The van der Waals surface area contributed by atoms with Gasteiger partial charge in [0.1, 0.15) is 5.75 Å². The van der Waals surface area contributed by atoms with Crippen LogP contribution in [0.2, 0.25) is 0 Å². The van der Waals surface area contributed by atoms with Crippen LogP contribution < -0.4 is 10.1 Å². The van der Waals surface area contributed by atoms with E-state index < -0.39 is 0 Å². The summed E-state index contributed by atoms with van der Waals surface area (Å²) in [6, 6.07) is 7.29. The Labute approximate surface area is 128 Å². The van der Waals surface area contributed by atoms with Crippen LogP contribution in [0.5, 0.6) is 5.75 Å². The van der Waals surface area contributed by atoms with Crippen molar-refractivity contribution in [2.45, 2.75) is 58.2 Å². The molecule has 0 aliphatic carbocycles. The van der Waals surface area contributed by atoms with Crippen molar-refractivity contribution in [1.29, 1.82) is 0 Å². The Morgan fingerprint density at radius 1 is 1.24 bits per heavy atom. The minimum atomic E-state index is 0.310. The highest BCUT2D eigenvalue weighted by atomic mass is 16.5. The molecule has 2 heterocycles. The summed E-state index contributed by atoms with van der Waals surface area (Å²) in [5.74, 6) is 1.08. The number of rotatable bonds is 3. The summed E-state index contributed by atoms with van der Waals surface area (Å²) in [7, 11) is 0. The lowest BCUT2D eigenvalue weighted by molar-refractivity contribution is 0.0960. The van der Waals surface area contributed by atoms with Gasteiger partial charge < -0.3 is 10.1 Å². The van der Waals surface area contributed by atoms with Crippen molar-refractivity contribution < 1.29 is 4.74 Å². The average Bonchev–Trinajstić information content (AvgIpc) is 2.92. The lowest BCUT2D eigenvalue weighted by Crippen LogP contribution is -2.49. The third-order valence-electron chi connectivity index (χ3n) is 4.79. The SMILES string of the molecule is CC(C)(C)N1CCC(NCc2ccc3c(c2)CCO3)CC1. The fourth-order valence-corrected chi connectivity index (χ4v) is 3.37. The van der Waals surface area contributed by atoms with Gasteiger partial charge in [0.2, 0.25) is 0 Å². The maximum Gasteiger partial charge on any atom is 0.122 e. The molecule has 21 heavy (non-hydrogen) atoms. The highest BCUT2D eigenvalue weighted by molar-refractivity contribution is 5.39. The number of fused-ring (bicyclic) bond motifs is 1. The monoisotopic (exact) mass is 288 g/mol. The molecule has 116 valence electrons. The molecular formula is C18H28N2O. The molecule has 0 amide bonds. The number of benzene rings is 1. The number of likely N-dealkylation sites (tertiary alicyclic amines) is 1. The molecule has 0 radical (unpaired) electrons. The van der Waals surface area contributed by atoms with Gasteiger partial charge in [0, 0.05) is 37.6 Å². The Bertz CT molecular complexity index is 484. The summed E-state index contributed by atoms with van der Waals surface area (Å²) in [6.07, 6.45) is 3.57. The molecule has 0 aromatic heterocycles. The van der Waals surface area contributed by atoms with E-state index in [0.717, 1.165) is 25.3 Å². The fourth-order valence-electron chi connectivity index (χ4n) is 3.37. The van der Waals surface area contributed by atoms with Gasteiger partial charge in [0.25, 0.3) is 0 Å². The first-order valence-corrected chi connectivity index (χ1v) is 8.25. The number of hydrogen-bond acceptors (Lipinski definition) is 3. The van der Waals surface area contributed by atoms with E-state index >= 15 is 0 Å². The van der Waals surface area contributed by atoms with Crippen LogP contribution in [-0.4, -0.2) is 36.2 Å². The second-order valence-corrected chi connectivity index (χ2v) is 7.35. The Hall–Kier alpha value is -1.06. The standard InChI is InChI=1S/C18H28N2O/c1-18(2,3)20-9-6-16(7-10-20)19-13-14-4-5-17-15(12-14)8-11-21-17/h4-5,12,16,19H,6-11,13H2,1-3H3. The summed E-state index contributed by atoms with van der Waals surface area (Å²) in [5.41, 5.74) is 3.07. The molecule has 3 rings (SSSR count). The highest BCUT2D eigenvalue weighted by Gasteiger charge is 2.26. The van der Waals surface area contributed by atoms with E-state index in [1.54, 1.807) is 0 Å². The molecule has 1 fully saturated rings. The summed E-state index contributed by atoms with van der Waals surface area (Å²) < 4.78 is 5.57. The number of hydrogen-bond donors (Lipinski definition) is 1. The van der Waals surface area contributed by atoms with Crippen LogP contribution in [0, 0.1) is 0 Å². The predicted octanol–water partition coefficient (Wildman–Crippen LogP) is 2.97. The van der Waals surface area contributed by atoms with Gasteiger partial charge in [-0.05, 0) is 50.8 Å². The lowest BCUT2D eigenvalue weighted by atomic mass is 9.98. The highest BCUT2D eigenvalue weighted by Crippen LogP contribution is 2.26. The van der Waals surface area contributed by atoms with Crippen LogP contribution in [0.3, 0.4) is 0 Å². The Kier molecular flexibility index (Phi) is 4.23. The van der Waals surface area contributed by atoms with Gasteiger partial charge >= 0.3 is 0 Å². The first-order valence-electron chi connectivity index (χ1n) is 8.25. The van der Waals surface area contributed by atoms with Crippen molar-refractivity contribution >= 4 is 0 Å². The van der Waals surface area contributed by atoms with Crippen LogP contribution in [0.1, 0.15) is 44.7 Å². The van der Waals surface area contributed by atoms with Crippen molar-refractivity contribution in [2.75, 3.05) is 19.7 Å². The van der Waals surface area contributed by atoms with Gasteiger partial charge in [-0.25, -0.2) is 0 Å². The maximum absolute atomic E-state index is 5.57. The van der Waals surface area contributed by atoms with Gasteiger partial charge in [0.05, 0.1) is 6.61 Å². The Morgan fingerprint density at radius 2 is 2.00 bits per heavy atom. The van der Waals surface area contributed by atoms with Crippen LogP contribution in [0.15, 0.2) is 18.2 Å². The van der Waals surface area contributed by atoms with Crippen LogP contribution >= 0.6 is 0 Å². The minimum absolute atomic E-state index is 0.310. The molecule has 2 aliphatic rings. The number of nitrogens with zero attached hydrogens (tertiary/aromatic N) is 1. The molecule has 0 saturated carbocycles. The van der Waals surface area contributed by atoms with Gasteiger partial charge in [0.15, 0.2) is 0 Å². The second kappa shape index (κ2) is 5.98. The van der Waals surface area contributed by atoms with Crippen molar-refractivity contribution in [2.24, 2.45) is 0 Å². The normalized spacial score (nSPS) is 20.3. The van der Waals surface area contributed by atoms with Crippen molar-refractivity contribution in [3.8, 4) is 5.75 Å². The molecule has 3 heteroatoms. The fraction of sp³-hybridized carbons (Fsp3) is 0.667. The zero-order chi connectivity index (χ0) is 14.9. The number of nitrogens with one attached hydrogen (secondary N) is 1. The molecule has 0 unspecified atom stereocenters. The molecule has 1 aromatic rings. The van der Waals surface area contributed by atoms with E-state index in [-0.39, 0.29) is 0 Å². The smallest absolute Gasteiger partial charge is 0.122 e. The number of piperidine rings is 1. The van der Waals surface area contributed by atoms with Gasteiger partial charge in [-0.1, -0.05) is 12.1 Å². The average molecular weight is 288 g/mol. The molecule has 0 bridgehead atoms. The molecular weight excluding hydrogens is 260 g/mol. The molecule has 0 spiro atoms. The summed E-state index contributed by atoms with van der Waals surface area (Å²) >= 11 is 0. The van der Waals surface area contributed by atoms with Crippen LogP contribution in [0.4, 0.5) is 0 Å². The molecule has 1 saturated heterocycles. The van der Waals surface area contributed by atoms with E-state index in [1.807, 2.05) is 0 Å². The predicted molar refractivity (Wildman–Crippen MR) is 86.8 cm³/mol. The zero-order valence-electron chi connectivity index (χ0n) is 13.6. The van der Waals surface area contributed by atoms with Gasteiger partial charge in [-0.3, -0.25) is 4.90 Å². The van der Waals surface area contributed by atoms with Crippen LogP contribution in [0.25, 0.3) is 0 Å². The third kappa shape index (κ3) is 3.58. The van der Waals surface area contributed by atoms with Gasteiger partial charge in [-0.2, -0.15) is 0 Å². The Morgan fingerprint density at radius 3 is 2.71 bits per heavy atom. The molecule has 1 aromatic carbocycles. The first kappa shape index (κ1) is 14.9. The third-order valence-corrected chi connectivity index (χ3v) is 4.79. The van der Waals surface area contributed by atoms with Gasteiger partial charge in [-0.15, -0.1) is 0 Å². The summed E-state index contributed by atoms with van der Waals surface area (Å²) in [4.78, 5) is 2.60. The van der Waals surface area contributed by atoms with E-state index in [4.69, 9.17) is 4.74 Å². The molecule has 1 N–H and O–H groups in total. The van der Waals surface area contributed by atoms with Crippen molar-refractivity contribution in [3.63, 3.8) is 0 Å². The quantitative estimate of drug-likeness (QED) is 0.925. The Balaban J connectivity index is 1.48. The van der Waals surface area contributed by atoms with Crippen molar-refractivity contribution in [1.82, 2.24) is 10.2 Å². The molecule has 0 atom stereocenters. The lowest BCUT2D eigenvalue weighted by Gasteiger charge is -2.41. The molecule has 3 nitrogen and oxygen atoms in total. The minimum Gasteiger partial charge on any atom is -0.493 e. The largest absolute Gasteiger partial charge is 0.493 e. The van der Waals surface area contributed by atoms with E-state index in [2.05, 4.69) is 49.2 Å². The van der Waals surface area contributed by atoms with E-state index in [9.17, 15) is 0 Å². The topological polar surface area (TPSA) is 24.5 Å². The zero-order valence-corrected chi connectivity index (χ0v) is 13.6. The second-order valence-electron chi connectivity index (χ2n) is 7.35. The van der Waals surface area contributed by atoms with E-state index in [0.29, 0.717) is 11.6 Å². The van der Waals surface area contributed by atoms with Crippen LogP contribution in [-0.2, 0) is 13.0 Å².